The van der Waals surface area contributed by atoms with Gasteiger partial charge >= 0.3 is 6.09 Å². The monoisotopic (exact) mass is 522 g/mol. The van der Waals surface area contributed by atoms with Crippen molar-refractivity contribution in [2.75, 3.05) is 43.4 Å². The van der Waals surface area contributed by atoms with Crippen molar-refractivity contribution in [2.24, 2.45) is 5.92 Å². The summed E-state index contributed by atoms with van der Waals surface area (Å²) in [5.41, 5.74) is -0.408. The summed E-state index contributed by atoms with van der Waals surface area (Å²) in [7, 11) is -1.83. The SMILES string of the molecule is CCNS(=O)(=O)c1ccc(Nc2cc(N(C)CC3CCN(C(=O)OC(C)(C)C)CC3)ncn2)c(F)c1. The van der Waals surface area contributed by atoms with Crippen molar-refractivity contribution in [2.45, 2.75) is 51.0 Å². The zero-order chi connectivity index (χ0) is 26.5. The van der Waals surface area contributed by atoms with Crippen LogP contribution in [0.4, 0.5) is 26.5 Å². The largest absolute Gasteiger partial charge is 0.444 e. The van der Waals surface area contributed by atoms with Crippen molar-refractivity contribution in [1.29, 1.82) is 0 Å². The van der Waals surface area contributed by atoms with E-state index in [1.165, 1.54) is 18.5 Å². The van der Waals surface area contributed by atoms with Gasteiger partial charge in [0.05, 0.1) is 10.6 Å². The van der Waals surface area contributed by atoms with Crippen molar-refractivity contribution in [1.82, 2.24) is 19.6 Å². The number of rotatable bonds is 8. The predicted octanol–water partition coefficient (Wildman–Crippen LogP) is 3.74. The summed E-state index contributed by atoms with van der Waals surface area (Å²) in [4.78, 5) is 24.4. The Kier molecular flexibility index (Phi) is 8.72. The lowest BCUT2D eigenvalue weighted by Crippen LogP contribution is -2.43. The van der Waals surface area contributed by atoms with Crippen LogP contribution in [0.5, 0.6) is 0 Å². The Morgan fingerprint density at radius 3 is 2.53 bits per heavy atom. The van der Waals surface area contributed by atoms with Crippen LogP contribution in [-0.4, -0.2) is 68.2 Å². The van der Waals surface area contributed by atoms with Crippen LogP contribution >= 0.6 is 0 Å². The van der Waals surface area contributed by atoms with E-state index in [0.29, 0.717) is 30.6 Å². The normalized spacial score (nSPS) is 15.0. The van der Waals surface area contributed by atoms with Crippen LogP contribution in [0.3, 0.4) is 0 Å². The molecule has 1 aliphatic heterocycles. The molecule has 10 nitrogen and oxygen atoms in total. The van der Waals surface area contributed by atoms with Gasteiger partial charge in [-0.15, -0.1) is 0 Å². The van der Waals surface area contributed by atoms with Gasteiger partial charge in [-0.3, -0.25) is 0 Å². The number of halogens is 1. The molecule has 1 aromatic carbocycles. The number of carbonyl (C=O) groups is 1. The van der Waals surface area contributed by atoms with Gasteiger partial charge in [0.1, 0.15) is 29.4 Å². The highest BCUT2D eigenvalue weighted by Crippen LogP contribution is 2.25. The van der Waals surface area contributed by atoms with Gasteiger partial charge in [0.15, 0.2) is 0 Å². The van der Waals surface area contributed by atoms with E-state index in [1.54, 1.807) is 17.9 Å². The third-order valence-corrected chi connectivity index (χ3v) is 7.23. The van der Waals surface area contributed by atoms with Gasteiger partial charge in [-0.05, 0) is 57.7 Å². The predicted molar refractivity (Wildman–Crippen MR) is 136 cm³/mol. The number of nitrogens with one attached hydrogen (secondary N) is 2. The molecule has 2 N–H and O–H groups in total. The lowest BCUT2D eigenvalue weighted by molar-refractivity contribution is 0.0186. The average Bonchev–Trinajstić information content (AvgIpc) is 2.80. The minimum atomic E-state index is -3.75. The van der Waals surface area contributed by atoms with Crippen LogP contribution in [0.15, 0.2) is 35.5 Å². The quantitative estimate of drug-likeness (QED) is 0.539. The van der Waals surface area contributed by atoms with E-state index in [0.717, 1.165) is 25.5 Å². The van der Waals surface area contributed by atoms with Gasteiger partial charge in [-0.25, -0.2) is 32.3 Å². The number of nitrogens with zero attached hydrogens (tertiary/aromatic N) is 4. The number of benzene rings is 1. The molecule has 0 unspecified atom stereocenters. The summed E-state index contributed by atoms with van der Waals surface area (Å²) in [6.45, 7) is 9.46. The van der Waals surface area contributed by atoms with Crippen LogP contribution in [-0.2, 0) is 14.8 Å². The molecule has 1 aromatic heterocycles. The molecule has 2 heterocycles. The Labute approximate surface area is 212 Å². The van der Waals surface area contributed by atoms with Crippen LogP contribution in [0.25, 0.3) is 0 Å². The summed E-state index contributed by atoms with van der Waals surface area (Å²) >= 11 is 0. The number of aromatic nitrogens is 2. The molecule has 0 spiro atoms. The number of ether oxygens (including phenoxy) is 1. The first-order valence-corrected chi connectivity index (χ1v) is 13.4. The lowest BCUT2D eigenvalue weighted by Gasteiger charge is -2.35. The minimum absolute atomic E-state index is 0.104. The molecular weight excluding hydrogens is 487 g/mol. The lowest BCUT2D eigenvalue weighted by atomic mass is 9.96. The maximum absolute atomic E-state index is 14.6. The van der Waals surface area contributed by atoms with E-state index in [2.05, 4.69) is 20.0 Å². The van der Waals surface area contributed by atoms with E-state index in [-0.39, 0.29) is 23.2 Å². The zero-order valence-corrected chi connectivity index (χ0v) is 22.2. The first kappa shape index (κ1) is 27.6. The summed E-state index contributed by atoms with van der Waals surface area (Å²) in [6, 6.07) is 5.38. The maximum atomic E-state index is 14.6. The third-order valence-electron chi connectivity index (χ3n) is 5.69. The summed E-state index contributed by atoms with van der Waals surface area (Å²) in [5.74, 6) is 0.713. The van der Waals surface area contributed by atoms with E-state index in [1.807, 2.05) is 32.7 Å². The molecule has 1 fully saturated rings. The molecule has 1 amide bonds. The molecule has 1 aliphatic rings. The van der Waals surface area contributed by atoms with Crippen LogP contribution in [0.2, 0.25) is 0 Å². The Balaban J connectivity index is 1.59. The molecule has 36 heavy (non-hydrogen) atoms. The standard InChI is InChI=1S/C24H35FN6O4S/c1-6-28-36(33,34)18-7-8-20(19(25)13-18)29-21-14-22(27-16-26-21)30(5)15-17-9-11-31(12-10-17)23(32)35-24(2,3)4/h7-8,13-14,16-17,28H,6,9-12,15H2,1-5H3,(H,26,27,29). The van der Waals surface area contributed by atoms with Crippen LogP contribution in [0, 0.1) is 11.7 Å². The van der Waals surface area contributed by atoms with Gasteiger partial charge in [0.2, 0.25) is 10.0 Å². The van der Waals surface area contributed by atoms with Crippen molar-refractivity contribution in [3.05, 3.63) is 36.4 Å². The number of sulfonamides is 1. The number of piperidine rings is 1. The molecule has 3 rings (SSSR count). The third kappa shape index (κ3) is 7.50. The highest BCUT2D eigenvalue weighted by molar-refractivity contribution is 7.89. The van der Waals surface area contributed by atoms with Gasteiger partial charge < -0.3 is 19.9 Å². The van der Waals surface area contributed by atoms with E-state index >= 15 is 0 Å². The number of amides is 1. The van der Waals surface area contributed by atoms with Gasteiger partial charge in [0.25, 0.3) is 0 Å². The summed E-state index contributed by atoms with van der Waals surface area (Å²) in [5, 5.41) is 2.89. The number of anilines is 3. The topological polar surface area (TPSA) is 117 Å². The fraction of sp³-hybridized carbons (Fsp3) is 0.542. The molecule has 0 aliphatic carbocycles. The number of hydrogen-bond donors (Lipinski definition) is 2. The van der Waals surface area contributed by atoms with Crippen molar-refractivity contribution >= 4 is 33.4 Å². The van der Waals surface area contributed by atoms with E-state index in [4.69, 9.17) is 4.74 Å². The Morgan fingerprint density at radius 2 is 1.92 bits per heavy atom. The first-order chi connectivity index (χ1) is 16.9. The van der Waals surface area contributed by atoms with Gasteiger partial charge in [-0.2, -0.15) is 0 Å². The second-order valence-corrected chi connectivity index (χ2v) is 11.6. The molecule has 0 bridgehead atoms. The second kappa shape index (κ2) is 11.4. The van der Waals surface area contributed by atoms with E-state index < -0.39 is 21.4 Å². The van der Waals surface area contributed by atoms with E-state index in [9.17, 15) is 17.6 Å². The van der Waals surface area contributed by atoms with Crippen molar-refractivity contribution < 1.29 is 22.3 Å². The number of hydrogen-bond acceptors (Lipinski definition) is 8. The maximum Gasteiger partial charge on any atom is 0.410 e. The molecule has 198 valence electrons. The van der Waals surface area contributed by atoms with Crippen LogP contribution < -0.4 is 14.9 Å². The number of carbonyl (C=O) groups excluding carboxylic acids is 1. The van der Waals surface area contributed by atoms with Crippen molar-refractivity contribution in [3.63, 3.8) is 0 Å². The molecule has 0 radical (unpaired) electrons. The van der Waals surface area contributed by atoms with Crippen LogP contribution in [0.1, 0.15) is 40.5 Å². The fourth-order valence-electron chi connectivity index (χ4n) is 3.91. The van der Waals surface area contributed by atoms with Crippen molar-refractivity contribution in [3.8, 4) is 0 Å². The average molecular weight is 523 g/mol. The fourth-order valence-corrected chi connectivity index (χ4v) is 4.96. The van der Waals surface area contributed by atoms with Gasteiger partial charge in [-0.1, -0.05) is 6.92 Å². The molecular formula is C24H35FN6O4S. The highest BCUT2D eigenvalue weighted by atomic mass is 32.2. The second-order valence-electron chi connectivity index (χ2n) is 9.82. The smallest absolute Gasteiger partial charge is 0.410 e. The molecule has 12 heteroatoms. The summed E-state index contributed by atoms with van der Waals surface area (Å²) in [6.07, 6.45) is 2.82. The Morgan fingerprint density at radius 1 is 1.22 bits per heavy atom. The summed E-state index contributed by atoms with van der Waals surface area (Å²) < 4.78 is 46.6. The molecule has 1 saturated heterocycles. The molecule has 0 atom stereocenters. The first-order valence-electron chi connectivity index (χ1n) is 12.0. The Bertz CT molecular complexity index is 1160. The molecule has 2 aromatic rings. The van der Waals surface area contributed by atoms with Gasteiger partial charge in [0, 0.05) is 39.3 Å². The molecule has 0 saturated carbocycles. The zero-order valence-electron chi connectivity index (χ0n) is 21.4. The minimum Gasteiger partial charge on any atom is -0.444 e. The highest BCUT2D eigenvalue weighted by Gasteiger charge is 2.27. The Hall–Kier alpha value is -2.99. The number of likely N-dealkylation sites (tertiary alicyclic amines) is 1.